The molecule has 0 radical (unpaired) electrons. The van der Waals surface area contributed by atoms with Crippen molar-refractivity contribution >= 4 is 22.6 Å². The van der Waals surface area contributed by atoms with Gasteiger partial charge in [-0.3, -0.25) is 0 Å². The normalized spacial score (nSPS) is 12.7. The predicted octanol–water partition coefficient (Wildman–Crippen LogP) is 4.13. The lowest BCUT2D eigenvalue weighted by Gasteiger charge is -2.11. The number of halogens is 1. The van der Waals surface area contributed by atoms with E-state index in [0.717, 1.165) is 12.8 Å². The van der Waals surface area contributed by atoms with Gasteiger partial charge in [-0.05, 0) is 53.1 Å². The Balaban J connectivity index is 2.23. The van der Waals surface area contributed by atoms with Gasteiger partial charge >= 0.3 is 0 Å². The number of hydrogen-bond acceptors (Lipinski definition) is 1. The molecule has 2 heteroatoms. The van der Waals surface area contributed by atoms with Crippen molar-refractivity contribution < 1.29 is 0 Å². The lowest BCUT2D eigenvalue weighted by atomic mass is 10.0. The first kappa shape index (κ1) is 14.0. The van der Waals surface area contributed by atoms with Crippen molar-refractivity contribution in [3.63, 3.8) is 0 Å². The van der Waals surface area contributed by atoms with Gasteiger partial charge in [0.05, 0.1) is 0 Å². The van der Waals surface area contributed by atoms with Crippen LogP contribution in [0.3, 0.4) is 0 Å². The number of benzene rings is 1. The zero-order valence-electron chi connectivity index (χ0n) is 10.1. The SMILES string of the molecule is CCCCCCC(N)Cc1ccc(I)cc1. The fraction of sp³-hybridized carbons (Fsp3) is 0.571. The van der Waals surface area contributed by atoms with Gasteiger partial charge in [0.2, 0.25) is 0 Å². The topological polar surface area (TPSA) is 26.0 Å². The molecule has 1 nitrogen and oxygen atoms in total. The lowest BCUT2D eigenvalue weighted by Crippen LogP contribution is -2.22. The van der Waals surface area contributed by atoms with Crippen molar-refractivity contribution in [2.24, 2.45) is 5.73 Å². The third-order valence-corrected chi connectivity index (χ3v) is 3.56. The summed E-state index contributed by atoms with van der Waals surface area (Å²) in [5.41, 5.74) is 7.49. The molecule has 1 atom stereocenters. The first-order valence-electron chi connectivity index (χ1n) is 6.22. The van der Waals surface area contributed by atoms with Gasteiger partial charge < -0.3 is 5.73 Å². The highest BCUT2D eigenvalue weighted by atomic mass is 127. The predicted molar refractivity (Wildman–Crippen MR) is 79.6 cm³/mol. The van der Waals surface area contributed by atoms with Crippen LogP contribution in [0.2, 0.25) is 0 Å². The van der Waals surface area contributed by atoms with Crippen LogP contribution < -0.4 is 5.73 Å². The summed E-state index contributed by atoms with van der Waals surface area (Å²) >= 11 is 2.33. The highest BCUT2D eigenvalue weighted by Gasteiger charge is 2.03. The van der Waals surface area contributed by atoms with E-state index in [1.807, 2.05) is 0 Å². The monoisotopic (exact) mass is 331 g/mol. The molecule has 0 amide bonds. The third-order valence-electron chi connectivity index (χ3n) is 2.84. The summed E-state index contributed by atoms with van der Waals surface area (Å²) in [4.78, 5) is 0. The van der Waals surface area contributed by atoms with Gasteiger partial charge in [0.1, 0.15) is 0 Å². The molecule has 1 rings (SSSR count). The van der Waals surface area contributed by atoms with Crippen molar-refractivity contribution in [2.75, 3.05) is 0 Å². The zero-order valence-corrected chi connectivity index (χ0v) is 12.2. The molecule has 0 aliphatic heterocycles. The van der Waals surface area contributed by atoms with Crippen LogP contribution in [0.25, 0.3) is 0 Å². The molecule has 0 aromatic heterocycles. The summed E-state index contributed by atoms with van der Waals surface area (Å²) in [6.07, 6.45) is 7.42. The van der Waals surface area contributed by atoms with Gasteiger partial charge in [-0.1, -0.05) is 44.7 Å². The molecular weight excluding hydrogens is 309 g/mol. The standard InChI is InChI=1S/C14H22IN/c1-2-3-4-5-6-14(16)11-12-7-9-13(15)10-8-12/h7-10,14H,2-6,11,16H2,1H3. The van der Waals surface area contributed by atoms with E-state index in [4.69, 9.17) is 5.73 Å². The van der Waals surface area contributed by atoms with Gasteiger partial charge in [0, 0.05) is 9.61 Å². The largest absolute Gasteiger partial charge is 0.327 e. The fourth-order valence-electron chi connectivity index (χ4n) is 1.86. The van der Waals surface area contributed by atoms with Gasteiger partial charge in [-0.2, -0.15) is 0 Å². The van der Waals surface area contributed by atoms with Crippen molar-refractivity contribution in [2.45, 2.75) is 51.5 Å². The summed E-state index contributed by atoms with van der Waals surface area (Å²) in [7, 11) is 0. The van der Waals surface area contributed by atoms with Gasteiger partial charge in [-0.25, -0.2) is 0 Å². The van der Waals surface area contributed by atoms with E-state index in [0.29, 0.717) is 6.04 Å². The summed E-state index contributed by atoms with van der Waals surface area (Å²) in [6, 6.07) is 9.01. The first-order valence-corrected chi connectivity index (χ1v) is 7.30. The molecule has 0 aliphatic carbocycles. The Bertz CT molecular complexity index is 281. The molecule has 0 saturated carbocycles. The Labute approximate surface area is 113 Å². The van der Waals surface area contributed by atoms with Crippen molar-refractivity contribution in [3.05, 3.63) is 33.4 Å². The molecular formula is C14H22IN. The van der Waals surface area contributed by atoms with E-state index in [1.165, 1.54) is 34.8 Å². The molecule has 0 saturated heterocycles. The van der Waals surface area contributed by atoms with Gasteiger partial charge in [0.15, 0.2) is 0 Å². The zero-order chi connectivity index (χ0) is 11.8. The maximum Gasteiger partial charge on any atom is 0.0130 e. The molecule has 0 spiro atoms. The van der Waals surface area contributed by atoms with Crippen molar-refractivity contribution in [1.29, 1.82) is 0 Å². The molecule has 90 valence electrons. The number of hydrogen-bond donors (Lipinski definition) is 1. The molecule has 0 aliphatic rings. The molecule has 1 aromatic rings. The average Bonchev–Trinajstić information content (AvgIpc) is 2.28. The Hall–Kier alpha value is -0.0900. The third kappa shape index (κ3) is 5.85. The minimum absolute atomic E-state index is 0.330. The second-order valence-electron chi connectivity index (χ2n) is 4.44. The summed E-state index contributed by atoms with van der Waals surface area (Å²) < 4.78 is 1.29. The van der Waals surface area contributed by atoms with Crippen LogP contribution in [0.5, 0.6) is 0 Å². The lowest BCUT2D eigenvalue weighted by molar-refractivity contribution is 0.546. The Kier molecular flexibility index (Phi) is 7.05. The van der Waals surface area contributed by atoms with E-state index < -0.39 is 0 Å². The van der Waals surface area contributed by atoms with Gasteiger partial charge in [0.25, 0.3) is 0 Å². The molecule has 16 heavy (non-hydrogen) atoms. The smallest absolute Gasteiger partial charge is 0.0130 e. The minimum Gasteiger partial charge on any atom is -0.327 e. The molecule has 0 bridgehead atoms. The van der Waals surface area contributed by atoms with Crippen molar-refractivity contribution in [3.8, 4) is 0 Å². The van der Waals surface area contributed by atoms with E-state index in [-0.39, 0.29) is 0 Å². The van der Waals surface area contributed by atoms with E-state index >= 15 is 0 Å². The number of nitrogens with two attached hydrogens (primary N) is 1. The summed E-state index contributed by atoms with van der Waals surface area (Å²) in [5.74, 6) is 0. The minimum atomic E-state index is 0.330. The second kappa shape index (κ2) is 8.07. The quantitative estimate of drug-likeness (QED) is 0.590. The molecule has 2 N–H and O–H groups in total. The maximum atomic E-state index is 6.12. The molecule has 0 fully saturated rings. The van der Waals surface area contributed by atoms with Crippen LogP contribution in [0.15, 0.2) is 24.3 Å². The average molecular weight is 331 g/mol. The van der Waals surface area contributed by atoms with Crippen molar-refractivity contribution in [1.82, 2.24) is 0 Å². The highest BCUT2D eigenvalue weighted by molar-refractivity contribution is 14.1. The van der Waals surface area contributed by atoms with E-state index in [2.05, 4.69) is 53.8 Å². The van der Waals surface area contributed by atoms with Crippen LogP contribution in [0.4, 0.5) is 0 Å². The van der Waals surface area contributed by atoms with Crippen LogP contribution in [0, 0.1) is 3.57 Å². The molecule has 1 aromatic carbocycles. The fourth-order valence-corrected chi connectivity index (χ4v) is 2.22. The van der Waals surface area contributed by atoms with Crippen LogP contribution in [0.1, 0.15) is 44.6 Å². The first-order chi connectivity index (χ1) is 7.72. The van der Waals surface area contributed by atoms with Gasteiger partial charge in [-0.15, -0.1) is 0 Å². The van der Waals surface area contributed by atoms with Crippen LogP contribution in [-0.2, 0) is 6.42 Å². The molecule has 1 unspecified atom stereocenters. The summed E-state index contributed by atoms with van der Waals surface area (Å²) in [6.45, 7) is 2.24. The Morgan fingerprint density at radius 2 is 1.81 bits per heavy atom. The highest BCUT2D eigenvalue weighted by Crippen LogP contribution is 2.11. The Morgan fingerprint density at radius 3 is 2.44 bits per heavy atom. The van der Waals surface area contributed by atoms with E-state index in [1.54, 1.807) is 0 Å². The maximum absolute atomic E-state index is 6.12. The van der Waals surface area contributed by atoms with Crippen LogP contribution in [-0.4, -0.2) is 6.04 Å². The second-order valence-corrected chi connectivity index (χ2v) is 5.69. The number of rotatable bonds is 7. The number of unbranched alkanes of at least 4 members (excludes halogenated alkanes) is 3. The Morgan fingerprint density at radius 1 is 1.12 bits per heavy atom. The summed E-state index contributed by atoms with van der Waals surface area (Å²) in [5, 5.41) is 0. The molecule has 0 heterocycles. The van der Waals surface area contributed by atoms with E-state index in [9.17, 15) is 0 Å². The van der Waals surface area contributed by atoms with Crippen LogP contribution >= 0.6 is 22.6 Å².